The van der Waals surface area contributed by atoms with Crippen molar-refractivity contribution in [1.82, 2.24) is 0 Å². The normalized spacial score (nSPS) is 11.5. The molecule has 1 N–H and O–H groups in total. The molecule has 0 bridgehead atoms. The first-order chi connectivity index (χ1) is 12.4. The van der Waals surface area contributed by atoms with Gasteiger partial charge in [0.25, 0.3) is 0 Å². The lowest BCUT2D eigenvalue weighted by atomic mass is 10.1. The Morgan fingerprint density at radius 1 is 1.12 bits per heavy atom. The number of rotatable bonds is 7. The van der Waals surface area contributed by atoms with Crippen LogP contribution in [0.2, 0.25) is 0 Å². The van der Waals surface area contributed by atoms with E-state index in [-0.39, 0.29) is 24.7 Å². The van der Waals surface area contributed by atoms with Crippen LogP contribution in [0.3, 0.4) is 0 Å². The first-order valence-electron chi connectivity index (χ1n) is 7.77. The Balaban J connectivity index is 2.18. The molecule has 0 aliphatic carbocycles. The molecular weight excluding hydrogens is 347 g/mol. The van der Waals surface area contributed by atoms with Crippen LogP contribution in [-0.4, -0.2) is 26.2 Å². The second kappa shape index (κ2) is 9.05. The number of methoxy groups -OCH3 is 1. The Labute approximate surface area is 149 Å². The summed E-state index contributed by atoms with van der Waals surface area (Å²) in [7, 11) is 1.48. The zero-order valence-corrected chi connectivity index (χ0v) is 14.0. The van der Waals surface area contributed by atoms with Gasteiger partial charge in [0.05, 0.1) is 17.9 Å². The Bertz CT molecular complexity index is 758. The van der Waals surface area contributed by atoms with Crippen LogP contribution in [0.4, 0.5) is 18.9 Å². The predicted octanol–water partition coefficient (Wildman–Crippen LogP) is 4.38. The summed E-state index contributed by atoms with van der Waals surface area (Å²) in [5.74, 6) is -0.429. The maximum absolute atomic E-state index is 12.9. The number of halogens is 3. The highest BCUT2D eigenvalue weighted by molar-refractivity contribution is 6.02. The second-order valence-corrected chi connectivity index (χ2v) is 5.28. The first-order valence-corrected chi connectivity index (χ1v) is 7.77. The number of benzene rings is 2. The van der Waals surface area contributed by atoms with Gasteiger partial charge in [-0.15, -0.1) is 0 Å². The van der Waals surface area contributed by atoms with Gasteiger partial charge >= 0.3 is 6.18 Å². The van der Waals surface area contributed by atoms with E-state index in [0.29, 0.717) is 0 Å². The monoisotopic (exact) mass is 365 g/mol. The predicted molar refractivity (Wildman–Crippen MR) is 92.9 cm³/mol. The molecular formula is C19H18F3NO3. The summed E-state index contributed by atoms with van der Waals surface area (Å²) in [4.78, 5) is 12.1. The maximum Gasteiger partial charge on any atom is 0.416 e. The van der Waals surface area contributed by atoms with Gasteiger partial charge < -0.3 is 14.8 Å². The van der Waals surface area contributed by atoms with Crippen molar-refractivity contribution in [3.63, 3.8) is 0 Å². The van der Waals surface area contributed by atoms with Gasteiger partial charge in [0.2, 0.25) is 5.91 Å². The lowest BCUT2D eigenvalue weighted by Gasteiger charge is -2.14. The number of hydrogen-bond acceptors (Lipinski definition) is 3. The van der Waals surface area contributed by atoms with Crippen molar-refractivity contribution < 1.29 is 27.4 Å². The molecule has 2 rings (SSSR count). The molecule has 26 heavy (non-hydrogen) atoms. The minimum Gasteiger partial charge on any atom is -0.489 e. The molecule has 4 nitrogen and oxygen atoms in total. The number of anilines is 1. The molecule has 0 aliphatic rings. The molecule has 0 unspecified atom stereocenters. The average molecular weight is 365 g/mol. The van der Waals surface area contributed by atoms with E-state index in [1.54, 1.807) is 18.2 Å². The number of ether oxygens (including phenoxy) is 2. The topological polar surface area (TPSA) is 47.6 Å². The van der Waals surface area contributed by atoms with Gasteiger partial charge in [-0.05, 0) is 29.8 Å². The highest BCUT2D eigenvalue weighted by Gasteiger charge is 2.31. The second-order valence-electron chi connectivity index (χ2n) is 5.28. The molecule has 2 aromatic rings. The highest BCUT2D eigenvalue weighted by atomic mass is 19.4. The largest absolute Gasteiger partial charge is 0.489 e. The third-order valence-electron chi connectivity index (χ3n) is 3.34. The van der Waals surface area contributed by atoms with Gasteiger partial charge in [-0.25, -0.2) is 0 Å². The molecule has 0 saturated carbocycles. The van der Waals surface area contributed by atoms with Crippen molar-refractivity contribution in [2.75, 3.05) is 25.6 Å². The van der Waals surface area contributed by atoms with E-state index >= 15 is 0 Å². The van der Waals surface area contributed by atoms with E-state index in [4.69, 9.17) is 9.47 Å². The Kier molecular flexibility index (Phi) is 6.80. The maximum atomic E-state index is 12.9. The van der Waals surface area contributed by atoms with E-state index in [2.05, 4.69) is 5.32 Å². The molecule has 7 heteroatoms. The van der Waals surface area contributed by atoms with Crippen molar-refractivity contribution in [1.29, 1.82) is 0 Å². The van der Waals surface area contributed by atoms with Crippen molar-refractivity contribution in [3.8, 4) is 5.75 Å². The molecule has 0 saturated heterocycles. The molecule has 0 heterocycles. The fourth-order valence-corrected chi connectivity index (χ4v) is 2.08. The fourth-order valence-electron chi connectivity index (χ4n) is 2.08. The molecule has 0 spiro atoms. The fraction of sp³-hybridized carbons (Fsp3) is 0.211. The van der Waals surface area contributed by atoms with Gasteiger partial charge in [0.15, 0.2) is 0 Å². The molecule has 0 aliphatic heterocycles. The van der Waals surface area contributed by atoms with Crippen molar-refractivity contribution in [2.45, 2.75) is 6.18 Å². The summed E-state index contributed by atoms with van der Waals surface area (Å²) >= 11 is 0. The Hall–Kier alpha value is -2.80. The molecule has 138 valence electrons. The molecule has 1 amide bonds. The summed E-state index contributed by atoms with van der Waals surface area (Å²) in [5.41, 5.74) is -0.138. The standard InChI is InChI=1S/C19H18F3NO3/c1-25-11-12-26-17-9-8-15(19(20,21)22)13-16(17)23-18(24)10-7-14-5-3-2-4-6-14/h2-10,13H,11-12H2,1H3,(H,23,24)/b10-7+. The van der Waals surface area contributed by atoms with Crippen molar-refractivity contribution >= 4 is 17.7 Å². The van der Waals surface area contributed by atoms with E-state index in [1.165, 1.54) is 19.3 Å². The summed E-state index contributed by atoms with van der Waals surface area (Å²) in [6, 6.07) is 12.0. The SMILES string of the molecule is COCCOc1ccc(C(F)(F)F)cc1NC(=O)/C=C/c1ccccc1. The van der Waals surface area contributed by atoms with Crippen molar-refractivity contribution in [2.24, 2.45) is 0 Å². The van der Waals surface area contributed by atoms with Crippen LogP contribution in [-0.2, 0) is 15.7 Å². The molecule has 2 aromatic carbocycles. The number of carbonyl (C=O) groups is 1. The smallest absolute Gasteiger partial charge is 0.416 e. The minimum absolute atomic E-state index is 0.0568. The summed E-state index contributed by atoms with van der Waals surface area (Å²) in [6.45, 7) is 0.410. The zero-order valence-electron chi connectivity index (χ0n) is 14.0. The number of alkyl halides is 3. The summed E-state index contributed by atoms with van der Waals surface area (Å²) < 4.78 is 49.0. The molecule has 0 radical (unpaired) electrons. The van der Waals surface area contributed by atoms with Crippen LogP contribution in [0, 0.1) is 0 Å². The van der Waals surface area contributed by atoms with Gasteiger partial charge in [0.1, 0.15) is 12.4 Å². The molecule has 0 aromatic heterocycles. The van der Waals surface area contributed by atoms with E-state index in [0.717, 1.165) is 17.7 Å². The number of carbonyl (C=O) groups excluding carboxylic acids is 1. The molecule has 0 fully saturated rings. The lowest BCUT2D eigenvalue weighted by molar-refractivity contribution is -0.137. The quantitative estimate of drug-likeness (QED) is 0.585. The number of amides is 1. The summed E-state index contributed by atoms with van der Waals surface area (Å²) in [6.07, 6.45) is -1.71. The van der Waals surface area contributed by atoms with Crippen molar-refractivity contribution in [3.05, 3.63) is 65.7 Å². The highest BCUT2D eigenvalue weighted by Crippen LogP contribution is 2.35. The molecule has 0 atom stereocenters. The lowest BCUT2D eigenvalue weighted by Crippen LogP contribution is -2.13. The van der Waals surface area contributed by atoms with E-state index < -0.39 is 17.6 Å². The summed E-state index contributed by atoms with van der Waals surface area (Å²) in [5, 5.41) is 2.43. The number of hydrogen-bond donors (Lipinski definition) is 1. The van der Waals surface area contributed by atoms with Gasteiger partial charge in [-0.2, -0.15) is 13.2 Å². The van der Waals surface area contributed by atoms with Gasteiger partial charge in [0, 0.05) is 13.2 Å². The van der Waals surface area contributed by atoms with E-state index in [9.17, 15) is 18.0 Å². The van der Waals surface area contributed by atoms with Gasteiger partial charge in [-0.3, -0.25) is 4.79 Å². The van der Waals surface area contributed by atoms with E-state index in [1.807, 2.05) is 18.2 Å². The Morgan fingerprint density at radius 2 is 1.85 bits per heavy atom. The van der Waals surface area contributed by atoms with Crippen LogP contribution in [0.5, 0.6) is 5.75 Å². The van der Waals surface area contributed by atoms with Crippen LogP contribution in [0.1, 0.15) is 11.1 Å². The first kappa shape index (κ1) is 19.5. The van der Waals surface area contributed by atoms with Crippen LogP contribution in [0.15, 0.2) is 54.6 Å². The van der Waals surface area contributed by atoms with Crippen LogP contribution >= 0.6 is 0 Å². The third-order valence-corrected chi connectivity index (χ3v) is 3.34. The van der Waals surface area contributed by atoms with Crippen LogP contribution in [0.25, 0.3) is 6.08 Å². The minimum atomic E-state index is -4.52. The number of nitrogens with one attached hydrogen (secondary N) is 1. The third kappa shape index (κ3) is 5.93. The Morgan fingerprint density at radius 3 is 2.50 bits per heavy atom. The van der Waals surface area contributed by atoms with Crippen LogP contribution < -0.4 is 10.1 Å². The average Bonchev–Trinajstić information content (AvgIpc) is 2.61. The zero-order chi connectivity index (χ0) is 19.0. The van der Waals surface area contributed by atoms with Gasteiger partial charge in [-0.1, -0.05) is 30.3 Å².